The standard InChI is InChI=1S/C17H28O5/c1-11(2)15(12(3)4)7-6-14-8-17(9-18,22-16(14)20)10-21-13(5)19/h6,11-12,15,18H,7-10H2,1-5H3/b14-6-. The zero-order valence-electron chi connectivity index (χ0n) is 14.2. The van der Waals surface area contributed by atoms with Crippen LogP contribution in [0.15, 0.2) is 11.6 Å². The number of aliphatic hydroxyl groups excluding tert-OH is 1. The average Bonchev–Trinajstić information content (AvgIpc) is 2.73. The molecule has 22 heavy (non-hydrogen) atoms. The predicted molar refractivity (Wildman–Crippen MR) is 83.0 cm³/mol. The molecule has 0 radical (unpaired) electrons. The highest BCUT2D eigenvalue weighted by Crippen LogP contribution is 2.33. The summed E-state index contributed by atoms with van der Waals surface area (Å²) >= 11 is 0. The lowest BCUT2D eigenvalue weighted by Gasteiger charge is -2.24. The monoisotopic (exact) mass is 312 g/mol. The van der Waals surface area contributed by atoms with Crippen LogP contribution in [0.3, 0.4) is 0 Å². The molecule has 0 aromatic heterocycles. The third-order valence-corrected chi connectivity index (χ3v) is 4.26. The van der Waals surface area contributed by atoms with E-state index in [1.165, 1.54) is 6.92 Å². The van der Waals surface area contributed by atoms with Crippen LogP contribution < -0.4 is 0 Å². The van der Waals surface area contributed by atoms with E-state index in [1.54, 1.807) is 0 Å². The Morgan fingerprint density at radius 2 is 1.95 bits per heavy atom. The normalized spacial score (nSPS) is 23.7. The first-order valence-electron chi connectivity index (χ1n) is 7.87. The van der Waals surface area contributed by atoms with Crippen LogP contribution in [0.2, 0.25) is 0 Å². The third-order valence-electron chi connectivity index (χ3n) is 4.26. The van der Waals surface area contributed by atoms with E-state index < -0.39 is 17.5 Å². The summed E-state index contributed by atoms with van der Waals surface area (Å²) < 4.78 is 10.2. The minimum absolute atomic E-state index is 0.111. The maximum atomic E-state index is 12.0. The number of allylic oxidation sites excluding steroid dienone is 1. The number of carbonyl (C=O) groups excluding carboxylic acids is 2. The first kappa shape index (κ1) is 18.7. The molecule has 1 atom stereocenters. The van der Waals surface area contributed by atoms with Crippen molar-refractivity contribution >= 4 is 11.9 Å². The van der Waals surface area contributed by atoms with Crippen molar-refractivity contribution in [3.63, 3.8) is 0 Å². The van der Waals surface area contributed by atoms with Crippen LogP contribution in [0.1, 0.15) is 47.5 Å². The summed E-state index contributed by atoms with van der Waals surface area (Å²) in [6.45, 7) is 9.52. The molecule has 0 spiro atoms. The Bertz CT molecular complexity index is 430. The minimum Gasteiger partial charge on any atom is -0.462 e. The van der Waals surface area contributed by atoms with Crippen molar-refractivity contribution in [3.05, 3.63) is 11.6 Å². The van der Waals surface area contributed by atoms with Gasteiger partial charge in [0, 0.05) is 18.9 Å². The van der Waals surface area contributed by atoms with Crippen LogP contribution in [-0.2, 0) is 19.1 Å². The predicted octanol–water partition coefficient (Wildman–Crippen LogP) is 2.47. The van der Waals surface area contributed by atoms with Gasteiger partial charge >= 0.3 is 11.9 Å². The number of rotatable bonds is 7. The number of carbonyl (C=O) groups is 2. The van der Waals surface area contributed by atoms with Crippen LogP contribution >= 0.6 is 0 Å². The molecule has 5 heteroatoms. The molecular formula is C17H28O5. The maximum absolute atomic E-state index is 12.0. The highest BCUT2D eigenvalue weighted by atomic mass is 16.6. The first-order valence-corrected chi connectivity index (χ1v) is 7.87. The molecule has 1 aliphatic rings. The number of hydrogen-bond acceptors (Lipinski definition) is 5. The van der Waals surface area contributed by atoms with Gasteiger partial charge in [-0.1, -0.05) is 33.8 Å². The van der Waals surface area contributed by atoms with Gasteiger partial charge in [-0.3, -0.25) is 4.79 Å². The fourth-order valence-electron chi connectivity index (χ4n) is 2.91. The van der Waals surface area contributed by atoms with Gasteiger partial charge in [0.25, 0.3) is 0 Å². The van der Waals surface area contributed by atoms with Crippen LogP contribution in [0, 0.1) is 17.8 Å². The van der Waals surface area contributed by atoms with E-state index in [0.717, 1.165) is 6.42 Å². The average molecular weight is 312 g/mol. The molecule has 1 unspecified atom stereocenters. The van der Waals surface area contributed by atoms with Crippen molar-refractivity contribution < 1.29 is 24.2 Å². The van der Waals surface area contributed by atoms with E-state index in [0.29, 0.717) is 23.3 Å². The van der Waals surface area contributed by atoms with E-state index in [2.05, 4.69) is 27.7 Å². The maximum Gasteiger partial charge on any atom is 0.334 e. The molecule has 0 aliphatic carbocycles. The van der Waals surface area contributed by atoms with Crippen molar-refractivity contribution in [2.75, 3.05) is 13.2 Å². The molecule has 0 bridgehead atoms. The van der Waals surface area contributed by atoms with Crippen molar-refractivity contribution in [3.8, 4) is 0 Å². The SMILES string of the molecule is CC(=O)OCC1(CO)C/C(=C/CC(C(C)C)C(C)C)C(=O)O1. The van der Waals surface area contributed by atoms with Crippen molar-refractivity contribution in [2.24, 2.45) is 17.8 Å². The number of aliphatic hydroxyl groups is 1. The lowest BCUT2D eigenvalue weighted by atomic mass is 9.82. The summed E-state index contributed by atoms with van der Waals surface area (Å²) in [5.41, 5.74) is -0.563. The quantitative estimate of drug-likeness (QED) is 0.577. The van der Waals surface area contributed by atoms with Crippen LogP contribution in [0.4, 0.5) is 0 Å². The third kappa shape index (κ3) is 4.83. The van der Waals surface area contributed by atoms with Gasteiger partial charge in [-0.05, 0) is 24.2 Å². The van der Waals surface area contributed by atoms with Gasteiger partial charge in [-0.2, -0.15) is 0 Å². The molecular weight excluding hydrogens is 284 g/mol. The van der Waals surface area contributed by atoms with Gasteiger partial charge in [-0.15, -0.1) is 0 Å². The molecule has 126 valence electrons. The highest BCUT2D eigenvalue weighted by Gasteiger charge is 2.44. The lowest BCUT2D eigenvalue weighted by Crippen LogP contribution is -2.39. The lowest BCUT2D eigenvalue weighted by molar-refractivity contribution is -0.164. The van der Waals surface area contributed by atoms with Gasteiger partial charge in [0.05, 0.1) is 6.61 Å². The summed E-state index contributed by atoms with van der Waals surface area (Å²) in [5.74, 6) is 0.655. The molecule has 1 fully saturated rings. The largest absolute Gasteiger partial charge is 0.462 e. The first-order chi connectivity index (χ1) is 10.2. The van der Waals surface area contributed by atoms with E-state index >= 15 is 0 Å². The molecule has 1 heterocycles. The van der Waals surface area contributed by atoms with Crippen molar-refractivity contribution in [2.45, 2.75) is 53.1 Å². The van der Waals surface area contributed by atoms with Crippen LogP contribution in [-0.4, -0.2) is 35.9 Å². The molecule has 1 N–H and O–H groups in total. The fourth-order valence-corrected chi connectivity index (χ4v) is 2.91. The van der Waals surface area contributed by atoms with Gasteiger partial charge < -0.3 is 14.6 Å². The van der Waals surface area contributed by atoms with E-state index in [4.69, 9.17) is 9.47 Å². The summed E-state index contributed by atoms with van der Waals surface area (Å²) in [5, 5.41) is 9.52. The fraction of sp³-hybridized carbons (Fsp3) is 0.765. The Labute approximate surface area is 132 Å². The van der Waals surface area contributed by atoms with Gasteiger partial charge in [-0.25, -0.2) is 4.79 Å². The Hall–Kier alpha value is -1.36. The zero-order chi connectivity index (χ0) is 16.9. The zero-order valence-corrected chi connectivity index (χ0v) is 14.2. The number of cyclic esters (lactones) is 1. The second kappa shape index (κ2) is 7.77. The van der Waals surface area contributed by atoms with E-state index in [1.807, 2.05) is 6.08 Å². The molecule has 0 saturated carbocycles. The second-order valence-corrected chi connectivity index (χ2v) is 6.80. The van der Waals surface area contributed by atoms with E-state index in [-0.39, 0.29) is 19.6 Å². The summed E-state index contributed by atoms with van der Waals surface area (Å²) in [6, 6.07) is 0. The van der Waals surface area contributed by atoms with Crippen molar-refractivity contribution in [1.82, 2.24) is 0 Å². The molecule has 0 amide bonds. The Kier molecular flexibility index (Phi) is 6.60. The molecule has 5 nitrogen and oxygen atoms in total. The summed E-state index contributed by atoms with van der Waals surface area (Å²) in [4.78, 5) is 22.9. The molecule has 1 rings (SSSR count). The Balaban J connectivity index is 2.78. The van der Waals surface area contributed by atoms with Gasteiger partial charge in [0.2, 0.25) is 0 Å². The smallest absolute Gasteiger partial charge is 0.334 e. The molecule has 0 aromatic rings. The van der Waals surface area contributed by atoms with Crippen LogP contribution in [0.5, 0.6) is 0 Å². The van der Waals surface area contributed by atoms with Crippen molar-refractivity contribution in [1.29, 1.82) is 0 Å². The minimum atomic E-state index is -1.13. The summed E-state index contributed by atoms with van der Waals surface area (Å²) in [7, 11) is 0. The summed E-state index contributed by atoms with van der Waals surface area (Å²) in [6.07, 6.45) is 2.99. The second-order valence-electron chi connectivity index (χ2n) is 6.80. The topological polar surface area (TPSA) is 72.8 Å². The highest BCUT2D eigenvalue weighted by molar-refractivity contribution is 5.91. The van der Waals surface area contributed by atoms with E-state index in [9.17, 15) is 14.7 Å². The molecule has 1 saturated heterocycles. The molecule has 1 aliphatic heterocycles. The number of esters is 2. The number of ether oxygens (including phenoxy) is 2. The van der Waals surface area contributed by atoms with Gasteiger partial charge in [0.15, 0.2) is 5.60 Å². The Morgan fingerprint density at radius 3 is 2.41 bits per heavy atom. The van der Waals surface area contributed by atoms with Crippen LogP contribution in [0.25, 0.3) is 0 Å². The molecule has 0 aromatic carbocycles. The Morgan fingerprint density at radius 1 is 1.36 bits per heavy atom. The van der Waals surface area contributed by atoms with Gasteiger partial charge in [0.1, 0.15) is 6.61 Å². The number of hydrogen-bond donors (Lipinski definition) is 1.